The van der Waals surface area contributed by atoms with E-state index in [4.69, 9.17) is 14.2 Å². The van der Waals surface area contributed by atoms with Crippen LogP contribution >= 0.6 is 15.9 Å². The van der Waals surface area contributed by atoms with Gasteiger partial charge in [-0.1, -0.05) is 58.4 Å². The molecule has 2 rings (SSSR count). The number of esters is 1. The molecule has 1 amide bonds. The van der Waals surface area contributed by atoms with E-state index in [0.717, 1.165) is 16.9 Å². The van der Waals surface area contributed by atoms with E-state index in [-0.39, 0.29) is 13.2 Å². The minimum atomic E-state index is -0.788. The number of carbonyl (C=O) groups is 2. The van der Waals surface area contributed by atoms with E-state index in [1.54, 1.807) is 6.92 Å². The fraction of sp³-hybridized carbons (Fsp3) is 0.391. The largest absolute Gasteiger partial charge is 0.494 e. The SMILES string of the molecule is CCOC(=O)[C@H](Cc1ccc(OCC)cc1)N(CCBr)C(=O)OCc1ccccc1. The Bertz CT molecular complexity index is 782. The van der Waals surface area contributed by atoms with Gasteiger partial charge in [0.05, 0.1) is 13.2 Å². The Morgan fingerprint density at radius 2 is 1.63 bits per heavy atom. The lowest BCUT2D eigenvalue weighted by atomic mass is 10.0. The minimum Gasteiger partial charge on any atom is -0.494 e. The summed E-state index contributed by atoms with van der Waals surface area (Å²) in [6.45, 7) is 4.93. The van der Waals surface area contributed by atoms with Gasteiger partial charge in [-0.15, -0.1) is 0 Å². The number of rotatable bonds is 11. The number of hydrogen-bond acceptors (Lipinski definition) is 5. The molecule has 1 atom stereocenters. The molecular weight excluding hydrogens is 450 g/mol. The van der Waals surface area contributed by atoms with Crippen molar-refractivity contribution in [2.24, 2.45) is 0 Å². The Labute approximate surface area is 186 Å². The van der Waals surface area contributed by atoms with Crippen LogP contribution in [0.25, 0.3) is 0 Å². The summed E-state index contributed by atoms with van der Waals surface area (Å²) in [5, 5.41) is 0.507. The average Bonchev–Trinajstić information content (AvgIpc) is 2.76. The molecule has 0 unspecified atom stereocenters. The fourth-order valence-electron chi connectivity index (χ4n) is 2.94. The number of hydrogen-bond donors (Lipinski definition) is 0. The van der Waals surface area contributed by atoms with Crippen molar-refractivity contribution in [3.8, 4) is 5.75 Å². The predicted molar refractivity (Wildman–Crippen MR) is 119 cm³/mol. The molecule has 0 radical (unpaired) electrons. The third-order valence-electron chi connectivity index (χ3n) is 4.36. The van der Waals surface area contributed by atoms with Gasteiger partial charge in [0.1, 0.15) is 18.4 Å². The number of benzene rings is 2. The van der Waals surface area contributed by atoms with Gasteiger partial charge < -0.3 is 14.2 Å². The first-order valence-corrected chi connectivity index (χ1v) is 11.1. The highest BCUT2D eigenvalue weighted by Gasteiger charge is 2.32. The molecule has 6 nitrogen and oxygen atoms in total. The van der Waals surface area contributed by atoms with Gasteiger partial charge in [0.25, 0.3) is 0 Å². The summed E-state index contributed by atoms with van der Waals surface area (Å²) in [6.07, 6.45) is -0.235. The predicted octanol–water partition coefficient (Wildman–Crippen LogP) is 4.59. The molecule has 0 N–H and O–H groups in total. The van der Waals surface area contributed by atoms with Gasteiger partial charge in [-0.3, -0.25) is 4.90 Å². The first kappa shape index (κ1) is 23.7. The van der Waals surface area contributed by atoms with Crippen LogP contribution < -0.4 is 4.74 Å². The van der Waals surface area contributed by atoms with Gasteiger partial charge >= 0.3 is 12.1 Å². The number of carbonyl (C=O) groups excluding carboxylic acids is 2. The van der Waals surface area contributed by atoms with Crippen molar-refractivity contribution in [1.82, 2.24) is 4.90 Å². The number of amides is 1. The standard InChI is InChI=1S/C23H28BrNO5/c1-3-28-20-12-10-18(11-13-20)16-21(22(26)29-4-2)25(15-14-24)23(27)30-17-19-8-6-5-7-9-19/h5-13,21H,3-4,14-17H2,1-2H3/t21-/m0/s1. The van der Waals surface area contributed by atoms with E-state index < -0.39 is 18.1 Å². The lowest BCUT2D eigenvalue weighted by Gasteiger charge is -2.29. The Morgan fingerprint density at radius 1 is 0.933 bits per heavy atom. The molecule has 0 saturated carbocycles. The second kappa shape index (κ2) is 12.9. The van der Waals surface area contributed by atoms with Gasteiger partial charge in [0.2, 0.25) is 0 Å². The van der Waals surface area contributed by atoms with Crippen molar-refractivity contribution < 1.29 is 23.8 Å². The second-order valence-electron chi connectivity index (χ2n) is 6.47. The van der Waals surface area contributed by atoms with E-state index in [9.17, 15) is 9.59 Å². The smallest absolute Gasteiger partial charge is 0.410 e. The van der Waals surface area contributed by atoms with Crippen molar-refractivity contribution in [3.63, 3.8) is 0 Å². The Kier molecular flexibility index (Phi) is 10.2. The molecule has 0 aliphatic rings. The summed E-state index contributed by atoms with van der Waals surface area (Å²) in [5.41, 5.74) is 1.77. The summed E-state index contributed by atoms with van der Waals surface area (Å²) in [5.74, 6) is 0.303. The van der Waals surface area contributed by atoms with Crippen LogP contribution in [0.2, 0.25) is 0 Å². The monoisotopic (exact) mass is 477 g/mol. The number of nitrogens with zero attached hydrogens (tertiary/aromatic N) is 1. The molecule has 2 aromatic rings. The molecule has 0 fully saturated rings. The van der Waals surface area contributed by atoms with Crippen molar-refractivity contribution in [3.05, 3.63) is 65.7 Å². The Balaban J connectivity index is 2.16. The minimum absolute atomic E-state index is 0.136. The molecule has 0 aliphatic carbocycles. The molecule has 2 aromatic carbocycles. The van der Waals surface area contributed by atoms with Gasteiger partial charge in [-0.05, 0) is 37.1 Å². The summed E-state index contributed by atoms with van der Waals surface area (Å²) in [6, 6.07) is 16.1. The molecule has 30 heavy (non-hydrogen) atoms. The molecule has 0 bridgehead atoms. The zero-order valence-electron chi connectivity index (χ0n) is 17.4. The van der Waals surface area contributed by atoms with Gasteiger partial charge in [0, 0.05) is 18.3 Å². The lowest BCUT2D eigenvalue weighted by molar-refractivity contribution is -0.148. The van der Waals surface area contributed by atoms with E-state index in [0.29, 0.717) is 24.9 Å². The van der Waals surface area contributed by atoms with Crippen LogP contribution in [-0.2, 0) is 27.3 Å². The molecule has 7 heteroatoms. The van der Waals surface area contributed by atoms with E-state index >= 15 is 0 Å². The van der Waals surface area contributed by atoms with Crippen molar-refractivity contribution in [1.29, 1.82) is 0 Å². The van der Waals surface area contributed by atoms with E-state index in [1.807, 2.05) is 61.5 Å². The van der Waals surface area contributed by atoms with Crippen molar-refractivity contribution in [2.45, 2.75) is 32.9 Å². The molecule has 0 saturated heterocycles. The number of halogens is 1. The first-order valence-electron chi connectivity index (χ1n) is 10.0. The highest BCUT2D eigenvalue weighted by molar-refractivity contribution is 9.09. The van der Waals surface area contributed by atoms with Crippen LogP contribution in [0.15, 0.2) is 54.6 Å². The summed E-state index contributed by atoms with van der Waals surface area (Å²) < 4.78 is 16.2. The van der Waals surface area contributed by atoms with Crippen LogP contribution in [0, 0.1) is 0 Å². The molecule has 162 valence electrons. The summed E-state index contributed by atoms with van der Waals surface area (Å²) in [4.78, 5) is 27.0. The van der Waals surface area contributed by atoms with Crippen LogP contribution in [0.1, 0.15) is 25.0 Å². The summed E-state index contributed by atoms with van der Waals surface area (Å²) >= 11 is 3.36. The van der Waals surface area contributed by atoms with Crippen molar-refractivity contribution in [2.75, 3.05) is 25.1 Å². The normalized spacial score (nSPS) is 11.4. The molecule has 0 spiro atoms. The topological polar surface area (TPSA) is 65.1 Å². The molecule has 0 heterocycles. The zero-order chi connectivity index (χ0) is 21.8. The Hall–Kier alpha value is -2.54. The van der Waals surface area contributed by atoms with E-state index in [2.05, 4.69) is 15.9 Å². The lowest BCUT2D eigenvalue weighted by Crippen LogP contribution is -2.48. The average molecular weight is 478 g/mol. The highest BCUT2D eigenvalue weighted by Crippen LogP contribution is 2.17. The van der Waals surface area contributed by atoms with Crippen LogP contribution in [0.3, 0.4) is 0 Å². The van der Waals surface area contributed by atoms with Gasteiger partial charge in [0.15, 0.2) is 0 Å². The molecule has 0 aromatic heterocycles. The third-order valence-corrected chi connectivity index (χ3v) is 4.72. The zero-order valence-corrected chi connectivity index (χ0v) is 19.0. The van der Waals surface area contributed by atoms with E-state index in [1.165, 1.54) is 4.90 Å². The quantitative estimate of drug-likeness (QED) is 0.349. The van der Waals surface area contributed by atoms with Crippen molar-refractivity contribution >= 4 is 28.0 Å². The van der Waals surface area contributed by atoms with Crippen LogP contribution in [0.5, 0.6) is 5.75 Å². The number of ether oxygens (including phenoxy) is 3. The third kappa shape index (κ3) is 7.37. The van der Waals surface area contributed by atoms with Gasteiger partial charge in [-0.2, -0.15) is 0 Å². The maximum atomic E-state index is 12.8. The Morgan fingerprint density at radius 3 is 2.23 bits per heavy atom. The van der Waals surface area contributed by atoms with Crippen LogP contribution in [-0.4, -0.2) is 48.1 Å². The summed E-state index contributed by atoms with van der Waals surface area (Å²) in [7, 11) is 0. The maximum absolute atomic E-state index is 12.8. The second-order valence-corrected chi connectivity index (χ2v) is 7.26. The fourth-order valence-corrected chi connectivity index (χ4v) is 3.32. The molecular formula is C23H28BrNO5. The van der Waals surface area contributed by atoms with Gasteiger partial charge in [-0.25, -0.2) is 9.59 Å². The molecule has 0 aliphatic heterocycles. The number of alkyl halides is 1. The highest BCUT2D eigenvalue weighted by atomic mass is 79.9. The van der Waals surface area contributed by atoms with Crippen LogP contribution in [0.4, 0.5) is 4.79 Å². The maximum Gasteiger partial charge on any atom is 0.410 e. The first-order chi connectivity index (χ1) is 14.6.